The van der Waals surface area contributed by atoms with Crippen LogP contribution >= 0.6 is 0 Å². The smallest absolute Gasteiger partial charge is 0.409 e. The molecule has 0 fully saturated rings. The predicted molar refractivity (Wildman–Crippen MR) is 69.9 cm³/mol. The molecule has 100 valence electrons. The summed E-state index contributed by atoms with van der Waals surface area (Å²) < 4.78 is 5.02. The van der Waals surface area contributed by atoms with Crippen LogP contribution in [-0.2, 0) is 6.42 Å². The highest BCUT2D eigenvalue weighted by molar-refractivity contribution is 5.69. The normalized spacial score (nSPS) is 16.6. The minimum atomic E-state index is -0.814. The predicted octanol–water partition coefficient (Wildman–Crippen LogP) is 1.72. The summed E-state index contributed by atoms with van der Waals surface area (Å²) in [6.07, 6.45) is 6.39. The fourth-order valence-corrected chi connectivity index (χ4v) is 2.20. The van der Waals surface area contributed by atoms with Gasteiger partial charge < -0.3 is 4.74 Å². The standard InChI is InChI=1S/C14H16N2O3/c1-3-8-15-13-7-5-10-4-6-11(9-12(10)13)19-14(17)16(2)18/h1,4,6,9,13,15,18H,5,7-8H2,2H3. The van der Waals surface area contributed by atoms with Gasteiger partial charge in [0.2, 0.25) is 0 Å². The maximum Gasteiger partial charge on any atom is 0.438 e. The number of hydrogen-bond donors (Lipinski definition) is 2. The average Bonchev–Trinajstić information content (AvgIpc) is 2.78. The zero-order chi connectivity index (χ0) is 13.8. The second-order valence-corrected chi connectivity index (χ2v) is 4.43. The van der Waals surface area contributed by atoms with E-state index in [1.54, 1.807) is 6.07 Å². The van der Waals surface area contributed by atoms with E-state index in [1.165, 1.54) is 12.6 Å². The molecule has 5 heteroatoms. The van der Waals surface area contributed by atoms with Crippen molar-refractivity contribution in [1.82, 2.24) is 10.4 Å². The molecule has 1 atom stereocenters. The number of aryl methyl sites for hydroxylation is 1. The summed E-state index contributed by atoms with van der Waals surface area (Å²) in [6, 6.07) is 5.67. The third kappa shape index (κ3) is 3.05. The van der Waals surface area contributed by atoms with Crippen molar-refractivity contribution in [1.29, 1.82) is 0 Å². The molecule has 0 aromatic heterocycles. The Morgan fingerprint density at radius 1 is 1.68 bits per heavy atom. The molecule has 0 aliphatic heterocycles. The van der Waals surface area contributed by atoms with E-state index in [1.807, 2.05) is 12.1 Å². The molecule has 19 heavy (non-hydrogen) atoms. The molecule has 0 saturated carbocycles. The molecule has 1 unspecified atom stereocenters. The number of ether oxygens (including phenoxy) is 1. The van der Waals surface area contributed by atoms with E-state index in [0.29, 0.717) is 17.4 Å². The second-order valence-electron chi connectivity index (χ2n) is 4.43. The summed E-state index contributed by atoms with van der Waals surface area (Å²) in [7, 11) is 1.22. The Balaban J connectivity index is 2.14. The highest BCUT2D eigenvalue weighted by atomic mass is 16.6. The van der Waals surface area contributed by atoms with Crippen LogP contribution in [0.3, 0.4) is 0 Å². The minimum Gasteiger partial charge on any atom is -0.409 e. The van der Waals surface area contributed by atoms with Crippen LogP contribution in [0.2, 0.25) is 0 Å². The second kappa shape index (κ2) is 5.74. The van der Waals surface area contributed by atoms with E-state index in [0.717, 1.165) is 18.4 Å². The molecule has 1 amide bonds. The van der Waals surface area contributed by atoms with Gasteiger partial charge in [0.05, 0.1) is 6.54 Å². The Bertz CT molecular complexity index is 520. The Labute approximate surface area is 112 Å². The number of nitrogens with zero attached hydrogens (tertiary/aromatic N) is 1. The maximum atomic E-state index is 11.3. The highest BCUT2D eigenvalue weighted by Crippen LogP contribution is 2.33. The fourth-order valence-electron chi connectivity index (χ4n) is 2.20. The molecular weight excluding hydrogens is 244 g/mol. The van der Waals surface area contributed by atoms with Crippen molar-refractivity contribution in [2.24, 2.45) is 0 Å². The van der Waals surface area contributed by atoms with Crippen LogP contribution in [0, 0.1) is 12.3 Å². The Morgan fingerprint density at radius 2 is 2.47 bits per heavy atom. The van der Waals surface area contributed by atoms with Gasteiger partial charge in [0.1, 0.15) is 5.75 Å². The Morgan fingerprint density at radius 3 is 3.16 bits per heavy atom. The Kier molecular flexibility index (Phi) is 4.05. The molecule has 0 bridgehead atoms. The first-order valence-corrected chi connectivity index (χ1v) is 6.06. The number of amides is 1. The van der Waals surface area contributed by atoms with Crippen LogP contribution in [0.25, 0.3) is 0 Å². The van der Waals surface area contributed by atoms with Crippen molar-refractivity contribution >= 4 is 6.09 Å². The van der Waals surface area contributed by atoms with Crippen LogP contribution in [0.1, 0.15) is 23.6 Å². The first-order chi connectivity index (χ1) is 9.11. The van der Waals surface area contributed by atoms with E-state index in [9.17, 15) is 4.79 Å². The van der Waals surface area contributed by atoms with Gasteiger partial charge in [0.25, 0.3) is 0 Å². The van der Waals surface area contributed by atoms with Crippen molar-refractivity contribution in [3.05, 3.63) is 29.3 Å². The molecule has 0 saturated heterocycles. The van der Waals surface area contributed by atoms with Crippen molar-refractivity contribution in [2.75, 3.05) is 13.6 Å². The lowest BCUT2D eigenvalue weighted by atomic mass is 10.1. The molecule has 2 N–H and O–H groups in total. The number of fused-ring (bicyclic) bond motifs is 1. The van der Waals surface area contributed by atoms with E-state index < -0.39 is 6.09 Å². The quantitative estimate of drug-likeness (QED) is 0.493. The van der Waals surface area contributed by atoms with Crippen LogP contribution in [-0.4, -0.2) is 30.0 Å². The van der Waals surface area contributed by atoms with Gasteiger partial charge in [-0.05, 0) is 36.1 Å². The van der Waals surface area contributed by atoms with Crippen molar-refractivity contribution in [2.45, 2.75) is 18.9 Å². The van der Waals surface area contributed by atoms with Crippen molar-refractivity contribution in [3.8, 4) is 18.1 Å². The molecule has 1 aliphatic rings. The van der Waals surface area contributed by atoms with Crippen molar-refractivity contribution < 1.29 is 14.7 Å². The third-order valence-corrected chi connectivity index (χ3v) is 3.12. The highest BCUT2D eigenvalue weighted by Gasteiger charge is 2.22. The van der Waals surface area contributed by atoms with Gasteiger partial charge in [-0.3, -0.25) is 10.5 Å². The van der Waals surface area contributed by atoms with E-state index in [2.05, 4.69) is 11.2 Å². The molecule has 0 radical (unpaired) electrons. The molecule has 0 spiro atoms. The zero-order valence-electron chi connectivity index (χ0n) is 10.7. The molecule has 1 aromatic rings. The summed E-state index contributed by atoms with van der Waals surface area (Å²) in [4.78, 5) is 11.3. The number of terminal acetylenes is 1. The number of carbonyl (C=O) groups excluding carboxylic acids is 1. The number of nitrogens with one attached hydrogen (secondary N) is 1. The number of hydrogen-bond acceptors (Lipinski definition) is 4. The number of benzene rings is 1. The fraction of sp³-hybridized carbons (Fsp3) is 0.357. The summed E-state index contributed by atoms with van der Waals surface area (Å²) in [6.45, 7) is 0.507. The lowest BCUT2D eigenvalue weighted by molar-refractivity contribution is -0.0371. The minimum absolute atomic E-state index is 0.191. The molecule has 0 heterocycles. The van der Waals surface area contributed by atoms with Crippen LogP contribution < -0.4 is 10.1 Å². The van der Waals surface area contributed by atoms with Gasteiger partial charge in [-0.1, -0.05) is 12.0 Å². The SMILES string of the molecule is C#CCNC1CCc2ccc(OC(=O)N(C)O)cc21. The van der Waals surface area contributed by atoms with E-state index in [-0.39, 0.29) is 6.04 Å². The number of carbonyl (C=O) groups is 1. The molecular formula is C14H16N2O3. The molecule has 1 aliphatic carbocycles. The van der Waals surface area contributed by atoms with Crippen LogP contribution in [0.5, 0.6) is 5.75 Å². The molecule has 1 aromatic carbocycles. The van der Waals surface area contributed by atoms with Gasteiger partial charge in [-0.15, -0.1) is 6.42 Å². The van der Waals surface area contributed by atoms with Crippen LogP contribution in [0.4, 0.5) is 4.79 Å². The lowest BCUT2D eigenvalue weighted by Gasteiger charge is -2.14. The van der Waals surface area contributed by atoms with Crippen LogP contribution in [0.15, 0.2) is 18.2 Å². The average molecular weight is 260 g/mol. The van der Waals surface area contributed by atoms with E-state index in [4.69, 9.17) is 16.4 Å². The third-order valence-electron chi connectivity index (χ3n) is 3.12. The maximum absolute atomic E-state index is 11.3. The first-order valence-electron chi connectivity index (χ1n) is 6.06. The van der Waals surface area contributed by atoms with Gasteiger partial charge in [-0.25, -0.2) is 4.79 Å². The monoisotopic (exact) mass is 260 g/mol. The van der Waals surface area contributed by atoms with Gasteiger partial charge >= 0.3 is 6.09 Å². The summed E-state index contributed by atoms with van der Waals surface area (Å²) >= 11 is 0. The zero-order valence-corrected chi connectivity index (χ0v) is 10.7. The largest absolute Gasteiger partial charge is 0.438 e. The summed E-state index contributed by atoms with van der Waals surface area (Å²) in [5, 5.41) is 12.6. The summed E-state index contributed by atoms with van der Waals surface area (Å²) in [5.41, 5.74) is 2.33. The molecule has 2 rings (SSSR count). The first kappa shape index (κ1) is 13.4. The lowest BCUT2D eigenvalue weighted by Crippen LogP contribution is -2.26. The molecule has 5 nitrogen and oxygen atoms in total. The van der Waals surface area contributed by atoms with Gasteiger partial charge in [0.15, 0.2) is 0 Å². The number of rotatable bonds is 3. The van der Waals surface area contributed by atoms with Gasteiger partial charge in [0, 0.05) is 13.1 Å². The van der Waals surface area contributed by atoms with Gasteiger partial charge in [-0.2, -0.15) is 5.06 Å². The van der Waals surface area contributed by atoms with E-state index >= 15 is 0 Å². The Hall–Kier alpha value is -2.03. The number of hydroxylamine groups is 2. The van der Waals surface area contributed by atoms with Crippen molar-refractivity contribution in [3.63, 3.8) is 0 Å². The topological polar surface area (TPSA) is 61.8 Å². The summed E-state index contributed by atoms with van der Waals surface area (Å²) in [5.74, 6) is 2.97.